The van der Waals surface area contributed by atoms with E-state index in [0.29, 0.717) is 12.8 Å². The molecule has 148 valence electrons. The molecule has 2 bridgehead atoms. The molecule has 3 aliphatic rings. The second-order valence-corrected chi connectivity index (χ2v) is 8.65. The van der Waals surface area contributed by atoms with Gasteiger partial charge in [-0.1, -0.05) is 48.5 Å². The van der Waals surface area contributed by atoms with Gasteiger partial charge in [-0.2, -0.15) is 15.8 Å². The van der Waals surface area contributed by atoms with Crippen molar-refractivity contribution in [1.82, 2.24) is 0 Å². The Morgan fingerprint density at radius 2 is 1.66 bits per heavy atom. The van der Waals surface area contributed by atoms with Crippen molar-refractivity contribution >= 4 is 29.1 Å². The Labute approximate surface area is 179 Å². The highest BCUT2D eigenvalue weighted by Crippen LogP contribution is 2.69. The van der Waals surface area contributed by atoms with Crippen molar-refractivity contribution in [1.29, 1.82) is 21.2 Å². The summed E-state index contributed by atoms with van der Waals surface area (Å²) >= 11 is 12.8. The van der Waals surface area contributed by atoms with Crippen LogP contribution in [0.4, 0.5) is 0 Å². The van der Waals surface area contributed by atoms with Crippen LogP contribution in [0.15, 0.2) is 18.2 Å². The molecule has 1 aliphatic carbocycles. The minimum atomic E-state index is -2.03. The number of nitriles is 3. The molecule has 3 fully saturated rings. The number of hydrogen-bond donors (Lipinski definition) is 1. The van der Waals surface area contributed by atoms with E-state index in [1.165, 1.54) is 0 Å². The molecule has 1 aromatic carbocycles. The lowest BCUT2D eigenvalue weighted by atomic mass is 9.52. The van der Waals surface area contributed by atoms with Gasteiger partial charge in [-0.15, -0.1) is 0 Å². The molecule has 0 amide bonds. The Morgan fingerprint density at radius 3 is 2.28 bits per heavy atom. The first kappa shape index (κ1) is 20.0. The zero-order chi connectivity index (χ0) is 20.9. The monoisotopic (exact) mass is 428 g/mol. The average molecular weight is 429 g/mol. The van der Waals surface area contributed by atoms with Gasteiger partial charge in [0.05, 0.1) is 24.1 Å². The summed E-state index contributed by atoms with van der Waals surface area (Å²) in [7, 11) is 0. The van der Waals surface area contributed by atoms with Crippen LogP contribution in [-0.2, 0) is 9.47 Å². The standard InChI is InChI=1S/C21H18Cl2N4O2/c22-13-6-5-7-14(23)16(13)17-19(10-24,11-25)20(12-26)15-8-3-1-2-4-9-21(15,28-17)29-18(20)27/h5-7,15,17,27H,1-4,8-9H2. The first-order chi connectivity index (χ1) is 13.9. The lowest BCUT2D eigenvalue weighted by Crippen LogP contribution is -2.59. The first-order valence-electron chi connectivity index (χ1n) is 9.56. The number of rotatable bonds is 1. The molecule has 8 heteroatoms. The molecular weight excluding hydrogens is 411 g/mol. The number of nitrogens with zero attached hydrogens (tertiary/aromatic N) is 3. The number of benzene rings is 1. The summed E-state index contributed by atoms with van der Waals surface area (Å²) in [6.45, 7) is 0. The Balaban J connectivity index is 2.03. The topological polar surface area (TPSA) is 114 Å². The van der Waals surface area contributed by atoms with Crippen LogP contribution in [0.1, 0.15) is 50.2 Å². The third-order valence-electron chi connectivity index (χ3n) is 6.58. The molecule has 1 N–H and O–H groups in total. The Kier molecular flexibility index (Phi) is 4.75. The first-order valence-corrected chi connectivity index (χ1v) is 10.3. The zero-order valence-electron chi connectivity index (χ0n) is 15.5. The van der Waals surface area contributed by atoms with Gasteiger partial charge in [-0.3, -0.25) is 5.41 Å². The third kappa shape index (κ3) is 2.39. The van der Waals surface area contributed by atoms with Gasteiger partial charge >= 0.3 is 0 Å². The van der Waals surface area contributed by atoms with Gasteiger partial charge in [0, 0.05) is 22.0 Å². The molecule has 4 atom stereocenters. The summed E-state index contributed by atoms with van der Waals surface area (Å²) in [5.41, 5.74) is -3.52. The summed E-state index contributed by atoms with van der Waals surface area (Å²) in [6.07, 6.45) is 3.33. The molecule has 1 aromatic rings. The average Bonchev–Trinajstić information content (AvgIpc) is 2.85. The SMILES string of the molecule is N#CC1(C#N)C(c2c(Cl)cccc2Cl)OC23CCCCCCC2C1(C#N)C(=N)O3. The predicted octanol–water partition coefficient (Wildman–Crippen LogP) is 5.28. The van der Waals surface area contributed by atoms with Crippen molar-refractivity contribution in [3.05, 3.63) is 33.8 Å². The van der Waals surface area contributed by atoms with E-state index in [2.05, 4.69) is 6.07 Å². The van der Waals surface area contributed by atoms with Crippen molar-refractivity contribution in [2.75, 3.05) is 0 Å². The van der Waals surface area contributed by atoms with E-state index in [4.69, 9.17) is 38.1 Å². The molecule has 2 aliphatic heterocycles. The molecular formula is C21H18Cl2N4O2. The molecule has 4 unspecified atom stereocenters. The number of nitrogens with one attached hydrogen (secondary N) is 1. The predicted molar refractivity (Wildman–Crippen MR) is 105 cm³/mol. The Hall–Kier alpha value is -2.30. The molecule has 0 radical (unpaired) electrons. The number of hydrogen-bond acceptors (Lipinski definition) is 6. The Morgan fingerprint density at radius 1 is 1.00 bits per heavy atom. The third-order valence-corrected chi connectivity index (χ3v) is 7.24. The maximum absolute atomic E-state index is 10.3. The highest BCUT2D eigenvalue weighted by molar-refractivity contribution is 6.36. The normalized spacial score (nSPS) is 35.1. The maximum atomic E-state index is 10.3. The van der Waals surface area contributed by atoms with E-state index in [0.717, 1.165) is 25.7 Å². The zero-order valence-corrected chi connectivity index (χ0v) is 17.1. The van der Waals surface area contributed by atoms with Crippen molar-refractivity contribution in [2.45, 2.75) is 50.4 Å². The maximum Gasteiger partial charge on any atom is 0.217 e. The van der Waals surface area contributed by atoms with Crippen molar-refractivity contribution in [3.8, 4) is 18.2 Å². The fraction of sp³-hybridized carbons (Fsp3) is 0.524. The molecule has 0 spiro atoms. The van der Waals surface area contributed by atoms with Crippen molar-refractivity contribution in [3.63, 3.8) is 0 Å². The van der Waals surface area contributed by atoms with E-state index in [-0.39, 0.29) is 21.5 Å². The number of halogens is 2. The molecule has 1 saturated carbocycles. The molecule has 2 heterocycles. The smallest absolute Gasteiger partial charge is 0.217 e. The van der Waals surface area contributed by atoms with E-state index in [1.807, 2.05) is 12.1 Å². The molecule has 4 rings (SSSR count). The van der Waals surface area contributed by atoms with Gasteiger partial charge in [0.25, 0.3) is 0 Å². The quantitative estimate of drug-likeness (QED) is 0.652. The minimum absolute atomic E-state index is 0.233. The van der Waals surface area contributed by atoms with Crippen LogP contribution >= 0.6 is 23.2 Å². The van der Waals surface area contributed by atoms with E-state index in [9.17, 15) is 15.8 Å². The van der Waals surface area contributed by atoms with Gasteiger partial charge < -0.3 is 9.47 Å². The fourth-order valence-corrected chi connectivity index (χ4v) is 5.83. The van der Waals surface area contributed by atoms with E-state index in [1.54, 1.807) is 18.2 Å². The van der Waals surface area contributed by atoms with Gasteiger partial charge in [-0.05, 0) is 25.0 Å². The van der Waals surface area contributed by atoms with Crippen molar-refractivity contribution < 1.29 is 9.47 Å². The van der Waals surface area contributed by atoms with Crippen LogP contribution < -0.4 is 0 Å². The summed E-state index contributed by atoms with van der Waals surface area (Å²) in [5.74, 6) is -2.22. The van der Waals surface area contributed by atoms with Gasteiger partial charge in [0.15, 0.2) is 5.41 Å². The largest absolute Gasteiger partial charge is 0.447 e. The number of ether oxygens (including phenoxy) is 2. The molecule has 2 saturated heterocycles. The molecule has 29 heavy (non-hydrogen) atoms. The van der Waals surface area contributed by atoms with Gasteiger partial charge in [0.1, 0.15) is 6.10 Å². The molecule has 0 aromatic heterocycles. The summed E-state index contributed by atoms with van der Waals surface area (Å²) in [5, 5.41) is 39.9. The van der Waals surface area contributed by atoms with Crippen LogP contribution in [0.3, 0.4) is 0 Å². The van der Waals surface area contributed by atoms with Crippen molar-refractivity contribution in [2.24, 2.45) is 16.7 Å². The lowest BCUT2D eigenvalue weighted by molar-refractivity contribution is -0.289. The highest BCUT2D eigenvalue weighted by Gasteiger charge is 2.80. The van der Waals surface area contributed by atoms with Crippen LogP contribution in [-0.4, -0.2) is 11.7 Å². The van der Waals surface area contributed by atoms with Crippen LogP contribution in [0.2, 0.25) is 10.0 Å². The summed E-state index contributed by atoms with van der Waals surface area (Å²) in [6, 6.07) is 11.1. The van der Waals surface area contributed by atoms with Gasteiger partial charge in [0.2, 0.25) is 17.1 Å². The van der Waals surface area contributed by atoms with Gasteiger partial charge in [-0.25, -0.2) is 0 Å². The van der Waals surface area contributed by atoms with E-state index >= 15 is 0 Å². The molecule has 6 nitrogen and oxygen atoms in total. The minimum Gasteiger partial charge on any atom is -0.447 e. The lowest BCUT2D eigenvalue weighted by Gasteiger charge is -2.50. The second kappa shape index (κ2) is 6.89. The van der Waals surface area contributed by atoms with Crippen LogP contribution in [0.25, 0.3) is 0 Å². The van der Waals surface area contributed by atoms with Crippen LogP contribution in [0, 0.1) is 56.2 Å². The summed E-state index contributed by atoms with van der Waals surface area (Å²) < 4.78 is 12.4. The second-order valence-electron chi connectivity index (χ2n) is 7.83. The fourth-order valence-electron chi connectivity index (χ4n) is 5.23. The summed E-state index contributed by atoms with van der Waals surface area (Å²) in [4.78, 5) is 0. The van der Waals surface area contributed by atoms with E-state index < -0.39 is 28.6 Å². The van der Waals surface area contributed by atoms with Crippen LogP contribution in [0.5, 0.6) is 0 Å². The highest BCUT2D eigenvalue weighted by atomic mass is 35.5. The Bertz CT molecular complexity index is 973.